The first-order valence-electron chi connectivity index (χ1n) is 5.36. The van der Waals surface area contributed by atoms with Crippen LogP contribution in [0.25, 0.3) is 0 Å². The van der Waals surface area contributed by atoms with Crippen LogP contribution in [0.1, 0.15) is 36.5 Å². The number of aromatic hydroxyl groups is 1. The lowest BCUT2D eigenvalue weighted by atomic mass is 10.00. The van der Waals surface area contributed by atoms with Gasteiger partial charge in [-0.25, -0.2) is 0 Å². The molecule has 0 aliphatic heterocycles. The Morgan fingerprint density at radius 1 is 1.43 bits per heavy atom. The molecule has 1 aromatic rings. The van der Waals surface area contributed by atoms with Crippen molar-refractivity contribution in [2.45, 2.75) is 39.0 Å². The molecule has 0 atom stereocenters. The highest BCUT2D eigenvalue weighted by molar-refractivity contribution is 5.65. The van der Waals surface area contributed by atoms with E-state index in [0.717, 1.165) is 31.2 Å². The predicted molar refractivity (Wildman–Crippen MR) is 58.5 cm³/mol. The molecular weight excluding hydrogens is 174 g/mol. The Balaban J connectivity index is 2.49. The summed E-state index contributed by atoms with van der Waals surface area (Å²) in [5, 5.41) is 9.87. The van der Waals surface area contributed by atoms with Gasteiger partial charge in [-0.3, -0.25) is 0 Å². The molecule has 0 spiro atoms. The third-order valence-corrected chi connectivity index (χ3v) is 3.01. The number of anilines is 1. The number of fused-ring (bicyclic) bond motifs is 1. The predicted octanol–water partition coefficient (Wildman–Crippen LogP) is 2.42. The van der Waals surface area contributed by atoms with Crippen molar-refractivity contribution in [2.75, 3.05) is 5.73 Å². The SMILES string of the molecule is CCCc1cc2c(c(N)c1O)CCC2. The standard InChI is InChI=1S/C12H17NO/c1-2-4-9-7-8-5-3-6-10(8)11(13)12(9)14/h7,14H,2-6,13H2,1H3. The van der Waals surface area contributed by atoms with Crippen molar-refractivity contribution in [1.29, 1.82) is 0 Å². The minimum Gasteiger partial charge on any atom is -0.505 e. The minimum atomic E-state index is 0.326. The van der Waals surface area contributed by atoms with E-state index < -0.39 is 0 Å². The summed E-state index contributed by atoms with van der Waals surface area (Å²) in [6, 6.07) is 2.14. The molecule has 76 valence electrons. The second-order valence-electron chi connectivity index (χ2n) is 4.04. The van der Waals surface area contributed by atoms with Crippen LogP contribution in [0.4, 0.5) is 5.69 Å². The average Bonchev–Trinajstić information content (AvgIpc) is 2.62. The molecule has 2 rings (SSSR count). The first-order chi connectivity index (χ1) is 6.74. The van der Waals surface area contributed by atoms with Gasteiger partial charge in [-0.05, 0) is 42.4 Å². The van der Waals surface area contributed by atoms with Crippen LogP contribution < -0.4 is 5.73 Å². The fourth-order valence-corrected chi connectivity index (χ4v) is 2.29. The van der Waals surface area contributed by atoms with E-state index in [9.17, 15) is 5.11 Å². The minimum absolute atomic E-state index is 0.326. The maximum atomic E-state index is 9.87. The third-order valence-electron chi connectivity index (χ3n) is 3.01. The van der Waals surface area contributed by atoms with Crippen LogP contribution in [-0.4, -0.2) is 5.11 Å². The van der Waals surface area contributed by atoms with E-state index in [1.54, 1.807) is 0 Å². The Morgan fingerprint density at radius 2 is 2.21 bits per heavy atom. The fraction of sp³-hybridized carbons (Fsp3) is 0.500. The average molecular weight is 191 g/mol. The molecule has 0 saturated heterocycles. The summed E-state index contributed by atoms with van der Waals surface area (Å²) >= 11 is 0. The molecular formula is C12H17NO. The Labute approximate surface area is 84.7 Å². The molecule has 0 bridgehead atoms. The van der Waals surface area contributed by atoms with Gasteiger partial charge in [0, 0.05) is 0 Å². The van der Waals surface area contributed by atoms with Gasteiger partial charge in [0.25, 0.3) is 0 Å². The zero-order valence-corrected chi connectivity index (χ0v) is 8.64. The highest BCUT2D eigenvalue weighted by atomic mass is 16.3. The van der Waals surface area contributed by atoms with E-state index in [1.807, 2.05) is 0 Å². The first-order valence-corrected chi connectivity index (χ1v) is 5.36. The van der Waals surface area contributed by atoms with Gasteiger partial charge in [-0.2, -0.15) is 0 Å². The van der Waals surface area contributed by atoms with Crippen LogP contribution in [0.3, 0.4) is 0 Å². The zero-order chi connectivity index (χ0) is 10.1. The Kier molecular flexibility index (Phi) is 2.36. The van der Waals surface area contributed by atoms with E-state index in [2.05, 4.69) is 13.0 Å². The Bertz CT molecular complexity index is 358. The van der Waals surface area contributed by atoms with Crippen LogP contribution in [-0.2, 0) is 19.3 Å². The van der Waals surface area contributed by atoms with Gasteiger partial charge in [-0.1, -0.05) is 19.4 Å². The summed E-state index contributed by atoms with van der Waals surface area (Å²) in [6.07, 6.45) is 5.29. The molecule has 2 heteroatoms. The number of phenolic OH excluding ortho intramolecular Hbond substituents is 1. The molecule has 14 heavy (non-hydrogen) atoms. The summed E-state index contributed by atoms with van der Waals surface area (Å²) in [4.78, 5) is 0. The summed E-state index contributed by atoms with van der Waals surface area (Å²) in [6.45, 7) is 2.11. The number of nitrogens with two attached hydrogens (primary N) is 1. The number of benzene rings is 1. The van der Waals surface area contributed by atoms with Gasteiger partial charge in [0.15, 0.2) is 0 Å². The summed E-state index contributed by atoms with van der Waals surface area (Å²) in [7, 11) is 0. The number of aryl methyl sites for hydroxylation is 2. The smallest absolute Gasteiger partial charge is 0.141 e. The van der Waals surface area contributed by atoms with Gasteiger partial charge in [-0.15, -0.1) is 0 Å². The van der Waals surface area contributed by atoms with E-state index in [4.69, 9.17) is 5.73 Å². The molecule has 0 aromatic heterocycles. The van der Waals surface area contributed by atoms with Crippen molar-refractivity contribution < 1.29 is 5.11 Å². The Hall–Kier alpha value is -1.18. The molecule has 0 saturated carbocycles. The molecule has 0 heterocycles. The monoisotopic (exact) mass is 191 g/mol. The lowest BCUT2D eigenvalue weighted by molar-refractivity contribution is 0.469. The van der Waals surface area contributed by atoms with Gasteiger partial charge in [0.2, 0.25) is 0 Å². The largest absolute Gasteiger partial charge is 0.505 e. The maximum Gasteiger partial charge on any atom is 0.141 e. The molecule has 0 radical (unpaired) electrons. The van der Waals surface area contributed by atoms with E-state index in [0.29, 0.717) is 11.4 Å². The van der Waals surface area contributed by atoms with E-state index in [-0.39, 0.29) is 0 Å². The van der Waals surface area contributed by atoms with Crippen molar-refractivity contribution in [3.05, 3.63) is 22.8 Å². The van der Waals surface area contributed by atoms with E-state index >= 15 is 0 Å². The number of nitrogen functional groups attached to an aromatic ring is 1. The number of rotatable bonds is 2. The van der Waals surface area contributed by atoms with Crippen molar-refractivity contribution in [1.82, 2.24) is 0 Å². The van der Waals surface area contributed by atoms with Crippen LogP contribution in [0, 0.1) is 0 Å². The summed E-state index contributed by atoms with van der Waals surface area (Å²) in [5.74, 6) is 0.326. The lowest BCUT2D eigenvalue weighted by Gasteiger charge is -2.11. The quantitative estimate of drug-likeness (QED) is 0.557. The van der Waals surface area contributed by atoms with Crippen LogP contribution >= 0.6 is 0 Å². The number of hydrogen-bond acceptors (Lipinski definition) is 2. The highest BCUT2D eigenvalue weighted by Crippen LogP contribution is 2.36. The fourth-order valence-electron chi connectivity index (χ4n) is 2.29. The number of phenols is 1. The lowest BCUT2D eigenvalue weighted by Crippen LogP contribution is -1.98. The van der Waals surface area contributed by atoms with Crippen molar-refractivity contribution >= 4 is 5.69 Å². The molecule has 3 N–H and O–H groups in total. The molecule has 0 unspecified atom stereocenters. The molecule has 1 aliphatic rings. The molecule has 2 nitrogen and oxygen atoms in total. The molecule has 1 aromatic carbocycles. The van der Waals surface area contributed by atoms with Gasteiger partial charge >= 0.3 is 0 Å². The third kappa shape index (κ3) is 1.35. The second kappa shape index (κ2) is 3.52. The molecule has 1 aliphatic carbocycles. The first kappa shape index (κ1) is 9.38. The van der Waals surface area contributed by atoms with Crippen molar-refractivity contribution in [3.8, 4) is 5.75 Å². The zero-order valence-electron chi connectivity index (χ0n) is 8.64. The van der Waals surface area contributed by atoms with Gasteiger partial charge in [0.05, 0.1) is 5.69 Å². The molecule has 0 fully saturated rings. The van der Waals surface area contributed by atoms with Crippen LogP contribution in [0.2, 0.25) is 0 Å². The van der Waals surface area contributed by atoms with Crippen molar-refractivity contribution in [2.24, 2.45) is 0 Å². The van der Waals surface area contributed by atoms with Crippen molar-refractivity contribution in [3.63, 3.8) is 0 Å². The topological polar surface area (TPSA) is 46.2 Å². The van der Waals surface area contributed by atoms with Gasteiger partial charge < -0.3 is 10.8 Å². The van der Waals surface area contributed by atoms with Gasteiger partial charge in [0.1, 0.15) is 5.75 Å². The maximum absolute atomic E-state index is 9.87. The van der Waals surface area contributed by atoms with Crippen LogP contribution in [0.5, 0.6) is 5.75 Å². The second-order valence-corrected chi connectivity index (χ2v) is 4.04. The summed E-state index contributed by atoms with van der Waals surface area (Å²) < 4.78 is 0. The van der Waals surface area contributed by atoms with E-state index in [1.165, 1.54) is 17.5 Å². The summed E-state index contributed by atoms with van der Waals surface area (Å²) in [5.41, 5.74) is 10.1. The number of hydrogen-bond donors (Lipinski definition) is 2. The normalized spacial score (nSPS) is 14.4. The molecule has 0 amide bonds. The van der Waals surface area contributed by atoms with Crippen LogP contribution in [0.15, 0.2) is 6.07 Å². The Morgan fingerprint density at radius 3 is 2.93 bits per heavy atom. The highest BCUT2D eigenvalue weighted by Gasteiger charge is 2.18.